The molecule has 1 N–H and O–H groups in total. The predicted molar refractivity (Wildman–Crippen MR) is 153 cm³/mol. The maximum Gasteiger partial charge on any atom is 0.410 e. The number of hydrogen-bond donors (Lipinski definition) is 1. The molecular formula is C29H39FN6O3. The van der Waals surface area contributed by atoms with Crippen LogP contribution in [-0.2, 0) is 4.74 Å². The van der Waals surface area contributed by atoms with Crippen molar-refractivity contribution < 1.29 is 18.7 Å². The van der Waals surface area contributed by atoms with Gasteiger partial charge >= 0.3 is 6.09 Å². The second-order valence-corrected chi connectivity index (χ2v) is 11.0. The number of rotatable bonds is 8. The first kappa shape index (κ1) is 28.4. The maximum absolute atomic E-state index is 14.5. The van der Waals surface area contributed by atoms with Gasteiger partial charge in [-0.1, -0.05) is 0 Å². The average Bonchev–Trinajstić information content (AvgIpc) is 2.90. The van der Waals surface area contributed by atoms with Gasteiger partial charge in [0.2, 0.25) is 0 Å². The molecule has 10 heteroatoms. The van der Waals surface area contributed by atoms with Crippen molar-refractivity contribution in [1.82, 2.24) is 19.8 Å². The average molecular weight is 539 g/mol. The van der Waals surface area contributed by atoms with Crippen LogP contribution in [0.25, 0.3) is 22.2 Å². The number of ether oxygens (including phenoxy) is 2. The minimum Gasteiger partial charge on any atom is -0.494 e. The molecule has 39 heavy (non-hydrogen) atoms. The summed E-state index contributed by atoms with van der Waals surface area (Å²) in [5.41, 5.74) is 2.54. The molecule has 3 heterocycles. The Kier molecular flexibility index (Phi) is 8.74. The molecule has 1 amide bonds. The molecule has 3 aromatic rings. The first-order valence-electron chi connectivity index (χ1n) is 13.3. The van der Waals surface area contributed by atoms with E-state index in [0.717, 1.165) is 42.3 Å². The quantitative estimate of drug-likeness (QED) is 0.407. The van der Waals surface area contributed by atoms with Gasteiger partial charge in [-0.15, -0.1) is 0 Å². The summed E-state index contributed by atoms with van der Waals surface area (Å²) in [6.07, 6.45) is 2.47. The lowest BCUT2D eigenvalue weighted by Gasteiger charge is -2.36. The lowest BCUT2D eigenvalue weighted by molar-refractivity contribution is 0.0240. The summed E-state index contributed by atoms with van der Waals surface area (Å²) in [7, 11) is 5.53. The van der Waals surface area contributed by atoms with Crippen LogP contribution in [0.4, 0.5) is 20.7 Å². The number of nitrogens with zero attached hydrogens (tertiary/aromatic N) is 5. The number of benzene rings is 1. The van der Waals surface area contributed by atoms with Crippen LogP contribution in [0.2, 0.25) is 0 Å². The molecule has 4 rings (SSSR count). The van der Waals surface area contributed by atoms with Crippen LogP contribution >= 0.6 is 0 Å². The highest BCUT2D eigenvalue weighted by atomic mass is 19.1. The molecule has 0 atom stereocenters. The van der Waals surface area contributed by atoms with Crippen LogP contribution in [0.3, 0.4) is 0 Å². The lowest BCUT2D eigenvalue weighted by atomic mass is 10.1. The summed E-state index contributed by atoms with van der Waals surface area (Å²) in [6.45, 7) is 9.80. The second kappa shape index (κ2) is 12.0. The largest absolute Gasteiger partial charge is 0.494 e. The predicted octanol–water partition coefficient (Wildman–Crippen LogP) is 4.87. The first-order chi connectivity index (χ1) is 18.5. The minimum absolute atomic E-state index is 0.157. The maximum atomic E-state index is 14.5. The van der Waals surface area contributed by atoms with E-state index in [0.29, 0.717) is 37.1 Å². The number of carbonyl (C=O) groups excluding carboxylic acids is 1. The van der Waals surface area contributed by atoms with Crippen LogP contribution < -0.4 is 15.0 Å². The highest BCUT2D eigenvalue weighted by Crippen LogP contribution is 2.32. The van der Waals surface area contributed by atoms with Gasteiger partial charge in [0, 0.05) is 61.6 Å². The Morgan fingerprint density at radius 1 is 1.13 bits per heavy atom. The molecule has 9 nitrogen and oxygen atoms in total. The van der Waals surface area contributed by atoms with Crippen molar-refractivity contribution in [1.29, 1.82) is 0 Å². The van der Waals surface area contributed by atoms with E-state index in [4.69, 9.17) is 19.4 Å². The summed E-state index contributed by atoms with van der Waals surface area (Å²) >= 11 is 0. The van der Waals surface area contributed by atoms with Gasteiger partial charge in [-0.05, 0) is 72.1 Å². The third-order valence-corrected chi connectivity index (χ3v) is 6.48. The number of aromatic nitrogens is 2. The molecule has 1 aliphatic heterocycles. The minimum atomic E-state index is -0.511. The molecule has 1 aromatic carbocycles. The number of carbonyl (C=O) groups is 1. The third-order valence-electron chi connectivity index (χ3n) is 6.48. The highest BCUT2D eigenvalue weighted by molar-refractivity contribution is 5.94. The van der Waals surface area contributed by atoms with Gasteiger partial charge < -0.3 is 29.5 Å². The van der Waals surface area contributed by atoms with Crippen LogP contribution in [0.15, 0.2) is 36.5 Å². The van der Waals surface area contributed by atoms with Crippen molar-refractivity contribution >= 4 is 28.5 Å². The first-order valence-corrected chi connectivity index (χ1v) is 13.3. The molecular weight excluding hydrogens is 499 g/mol. The normalized spacial score (nSPS) is 14.2. The van der Waals surface area contributed by atoms with E-state index in [2.05, 4.69) is 15.1 Å². The van der Waals surface area contributed by atoms with Gasteiger partial charge in [-0.2, -0.15) is 0 Å². The Bertz CT molecular complexity index is 1280. The van der Waals surface area contributed by atoms with Gasteiger partial charge in [0.05, 0.1) is 18.3 Å². The zero-order valence-corrected chi connectivity index (χ0v) is 23.8. The molecule has 2 aromatic heterocycles. The smallest absolute Gasteiger partial charge is 0.410 e. The van der Waals surface area contributed by atoms with Crippen molar-refractivity contribution in [2.75, 3.05) is 70.7 Å². The molecule has 0 spiro atoms. The molecule has 1 fully saturated rings. The summed E-state index contributed by atoms with van der Waals surface area (Å²) < 4.78 is 25.2. The fourth-order valence-corrected chi connectivity index (χ4v) is 4.47. The van der Waals surface area contributed by atoms with E-state index in [1.54, 1.807) is 17.2 Å². The number of hydrogen-bond acceptors (Lipinski definition) is 8. The van der Waals surface area contributed by atoms with E-state index < -0.39 is 11.4 Å². The topological polar surface area (TPSA) is 83.1 Å². The Morgan fingerprint density at radius 2 is 1.87 bits per heavy atom. The molecule has 0 bridgehead atoms. The molecule has 0 saturated carbocycles. The third kappa shape index (κ3) is 7.26. The molecule has 0 aliphatic carbocycles. The number of pyridine rings is 2. The molecule has 0 unspecified atom stereocenters. The Labute approximate surface area is 229 Å². The van der Waals surface area contributed by atoms with Crippen LogP contribution in [0.1, 0.15) is 27.2 Å². The van der Waals surface area contributed by atoms with E-state index in [9.17, 15) is 9.18 Å². The van der Waals surface area contributed by atoms with Crippen molar-refractivity contribution in [2.24, 2.45) is 0 Å². The highest BCUT2D eigenvalue weighted by Gasteiger charge is 2.26. The van der Waals surface area contributed by atoms with Gasteiger partial charge in [0.25, 0.3) is 0 Å². The number of piperazine rings is 1. The van der Waals surface area contributed by atoms with Crippen LogP contribution in [0.5, 0.6) is 5.75 Å². The summed E-state index contributed by atoms with van der Waals surface area (Å²) in [4.78, 5) is 27.9. The number of nitrogens with one attached hydrogen (secondary N) is 1. The Balaban J connectivity index is 1.52. The van der Waals surface area contributed by atoms with Crippen LogP contribution in [-0.4, -0.2) is 91.9 Å². The molecule has 0 radical (unpaired) electrons. The fraction of sp³-hybridized carbons (Fsp3) is 0.483. The van der Waals surface area contributed by atoms with Gasteiger partial charge in [0.1, 0.15) is 11.4 Å². The SMILES string of the molecule is COc1cc2nc(-c3ccc(N4CCN(C(=O)OC(C)(C)C)CC4)nc3)cc(NCCCN(C)C)c2cc1F. The monoisotopic (exact) mass is 538 g/mol. The second-order valence-electron chi connectivity index (χ2n) is 11.0. The van der Waals surface area contributed by atoms with E-state index in [1.807, 2.05) is 53.1 Å². The Morgan fingerprint density at radius 3 is 2.49 bits per heavy atom. The standard InChI is InChI=1S/C29H39FN6O3/c1-29(2,3)39-28(37)36-14-12-35(13-15-36)27-9-8-20(19-32-27)23-17-24(31-10-7-11-34(4)5)21-16-22(30)26(38-6)18-25(21)33-23/h8-9,16-19H,7,10-15H2,1-6H3,(H,31,33). The molecule has 1 saturated heterocycles. The molecule has 210 valence electrons. The number of methoxy groups -OCH3 is 1. The summed E-state index contributed by atoms with van der Waals surface area (Å²) in [5.74, 6) is 0.576. The van der Waals surface area contributed by atoms with Gasteiger partial charge in [-0.25, -0.2) is 19.2 Å². The van der Waals surface area contributed by atoms with Crippen LogP contribution in [0, 0.1) is 5.82 Å². The molecule has 1 aliphatic rings. The van der Waals surface area contributed by atoms with E-state index >= 15 is 0 Å². The summed E-state index contributed by atoms with van der Waals surface area (Å²) in [6, 6.07) is 9.01. The van der Waals surface area contributed by atoms with Crippen molar-refractivity contribution in [3.63, 3.8) is 0 Å². The number of amides is 1. The van der Waals surface area contributed by atoms with Gasteiger partial charge in [-0.3, -0.25) is 0 Å². The number of fused-ring (bicyclic) bond motifs is 1. The van der Waals surface area contributed by atoms with Crippen molar-refractivity contribution in [3.05, 3.63) is 42.3 Å². The van der Waals surface area contributed by atoms with Crippen molar-refractivity contribution in [3.8, 4) is 17.0 Å². The van der Waals surface area contributed by atoms with E-state index in [1.165, 1.54) is 13.2 Å². The summed E-state index contributed by atoms with van der Waals surface area (Å²) in [5, 5.41) is 4.17. The van der Waals surface area contributed by atoms with E-state index in [-0.39, 0.29) is 11.8 Å². The number of halogens is 1. The zero-order chi connectivity index (χ0) is 28.2. The fourth-order valence-electron chi connectivity index (χ4n) is 4.47. The zero-order valence-electron chi connectivity index (χ0n) is 23.8. The van der Waals surface area contributed by atoms with Crippen molar-refractivity contribution in [2.45, 2.75) is 32.8 Å². The Hall–Kier alpha value is -3.66. The lowest BCUT2D eigenvalue weighted by Crippen LogP contribution is -2.50. The number of anilines is 2. The van der Waals surface area contributed by atoms with Gasteiger partial charge in [0.15, 0.2) is 11.6 Å².